The van der Waals surface area contributed by atoms with Gasteiger partial charge in [-0.1, -0.05) is 13.8 Å². The highest BCUT2D eigenvalue weighted by Crippen LogP contribution is 2.55. The monoisotopic (exact) mass is 135 g/mol. The van der Waals surface area contributed by atoms with Gasteiger partial charge in [0.15, 0.2) is 0 Å². The van der Waals surface area contributed by atoms with Crippen LogP contribution in [0.5, 0.6) is 0 Å². The Morgan fingerprint density at radius 3 is 2.20 bits per heavy atom. The molecule has 0 radical (unpaired) electrons. The Hall–Kier alpha value is -0.720. The number of hydrogen-bond donors (Lipinski definition) is 0. The van der Waals surface area contributed by atoms with E-state index in [9.17, 15) is 0 Å². The highest BCUT2D eigenvalue weighted by atomic mass is 15.0. The molecular weight excluding hydrogens is 122 g/mol. The Bertz CT molecular complexity index is 221. The second-order valence-electron chi connectivity index (χ2n) is 3.84. The lowest BCUT2D eigenvalue weighted by Crippen LogP contribution is -1.96. The molecule has 0 N–H and O–H groups in total. The minimum atomic E-state index is 0.555. The van der Waals surface area contributed by atoms with E-state index in [4.69, 9.17) is 0 Å². The average Bonchev–Trinajstić information content (AvgIpc) is 2.31. The SMILES string of the molecule is CC1(C)CC1n1cccc1. The van der Waals surface area contributed by atoms with E-state index < -0.39 is 0 Å². The fourth-order valence-electron chi connectivity index (χ4n) is 1.50. The summed E-state index contributed by atoms with van der Waals surface area (Å²) in [6.07, 6.45) is 5.64. The molecule has 2 rings (SSSR count). The van der Waals surface area contributed by atoms with Gasteiger partial charge in [0.05, 0.1) is 0 Å². The first-order valence-corrected chi connectivity index (χ1v) is 3.83. The molecule has 1 aliphatic carbocycles. The molecule has 1 atom stereocenters. The van der Waals surface area contributed by atoms with Crippen molar-refractivity contribution in [2.75, 3.05) is 0 Å². The molecule has 0 spiro atoms. The minimum Gasteiger partial charge on any atom is -0.351 e. The molecule has 0 amide bonds. The van der Waals surface area contributed by atoms with Gasteiger partial charge >= 0.3 is 0 Å². The van der Waals surface area contributed by atoms with Crippen LogP contribution in [-0.2, 0) is 0 Å². The zero-order valence-electron chi connectivity index (χ0n) is 6.54. The van der Waals surface area contributed by atoms with E-state index in [1.807, 2.05) is 0 Å². The standard InChI is InChI=1S/C9H13N/c1-9(2)7-8(9)10-5-3-4-6-10/h3-6,8H,7H2,1-2H3. The van der Waals surface area contributed by atoms with Crippen LogP contribution in [0.2, 0.25) is 0 Å². The number of aromatic nitrogens is 1. The van der Waals surface area contributed by atoms with E-state index in [2.05, 4.69) is 42.9 Å². The predicted octanol–water partition coefficient (Wildman–Crippen LogP) is 2.46. The van der Waals surface area contributed by atoms with Crippen LogP contribution in [0.4, 0.5) is 0 Å². The molecule has 54 valence electrons. The molecule has 1 aromatic rings. The largest absolute Gasteiger partial charge is 0.351 e. The lowest BCUT2D eigenvalue weighted by Gasteiger charge is -2.03. The molecule has 10 heavy (non-hydrogen) atoms. The van der Waals surface area contributed by atoms with Gasteiger partial charge in [-0.2, -0.15) is 0 Å². The van der Waals surface area contributed by atoms with E-state index in [1.54, 1.807) is 0 Å². The average molecular weight is 135 g/mol. The molecule has 1 unspecified atom stereocenters. The van der Waals surface area contributed by atoms with Crippen molar-refractivity contribution in [1.29, 1.82) is 0 Å². The minimum absolute atomic E-state index is 0.555. The quantitative estimate of drug-likeness (QED) is 0.557. The normalized spacial score (nSPS) is 28.4. The maximum Gasteiger partial charge on any atom is 0.0388 e. The summed E-state index contributed by atoms with van der Waals surface area (Å²) in [6.45, 7) is 4.63. The van der Waals surface area contributed by atoms with Crippen LogP contribution >= 0.6 is 0 Å². The van der Waals surface area contributed by atoms with Gasteiger partial charge in [0.2, 0.25) is 0 Å². The molecule has 1 heterocycles. The topological polar surface area (TPSA) is 4.93 Å². The first-order valence-electron chi connectivity index (χ1n) is 3.83. The Balaban J connectivity index is 2.19. The Morgan fingerprint density at radius 1 is 1.30 bits per heavy atom. The lowest BCUT2D eigenvalue weighted by atomic mass is 10.2. The van der Waals surface area contributed by atoms with E-state index >= 15 is 0 Å². The smallest absolute Gasteiger partial charge is 0.0388 e. The molecule has 0 aliphatic heterocycles. The fraction of sp³-hybridized carbons (Fsp3) is 0.556. The van der Waals surface area contributed by atoms with Gasteiger partial charge in [-0.05, 0) is 24.0 Å². The Morgan fingerprint density at radius 2 is 1.80 bits per heavy atom. The molecule has 1 saturated carbocycles. The van der Waals surface area contributed by atoms with Gasteiger partial charge in [-0.15, -0.1) is 0 Å². The zero-order valence-corrected chi connectivity index (χ0v) is 6.54. The van der Waals surface area contributed by atoms with Crippen molar-refractivity contribution < 1.29 is 0 Å². The van der Waals surface area contributed by atoms with E-state index in [-0.39, 0.29) is 0 Å². The van der Waals surface area contributed by atoms with Crippen LogP contribution in [0.1, 0.15) is 26.3 Å². The second-order valence-corrected chi connectivity index (χ2v) is 3.84. The van der Waals surface area contributed by atoms with Crippen LogP contribution in [0.3, 0.4) is 0 Å². The summed E-state index contributed by atoms with van der Waals surface area (Å²) in [5.74, 6) is 0. The van der Waals surface area contributed by atoms with Gasteiger partial charge in [0.1, 0.15) is 0 Å². The summed E-state index contributed by atoms with van der Waals surface area (Å²) in [7, 11) is 0. The lowest BCUT2D eigenvalue weighted by molar-refractivity contribution is 0.542. The van der Waals surface area contributed by atoms with Crippen LogP contribution in [-0.4, -0.2) is 4.57 Å². The van der Waals surface area contributed by atoms with E-state index in [1.165, 1.54) is 6.42 Å². The van der Waals surface area contributed by atoms with Crippen molar-refractivity contribution in [3.8, 4) is 0 Å². The molecule has 1 nitrogen and oxygen atoms in total. The summed E-state index contributed by atoms with van der Waals surface area (Å²) < 4.78 is 2.31. The van der Waals surface area contributed by atoms with Crippen molar-refractivity contribution in [2.45, 2.75) is 26.3 Å². The van der Waals surface area contributed by atoms with E-state index in [0.717, 1.165) is 6.04 Å². The summed E-state index contributed by atoms with van der Waals surface area (Å²) in [4.78, 5) is 0. The molecule has 1 fully saturated rings. The third kappa shape index (κ3) is 0.772. The number of hydrogen-bond acceptors (Lipinski definition) is 0. The summed E-state index contributed by atoms with van der Waals surface area (Å²) in [6, 6.07) is 4.95. The molecular formula is C9H13N. The molecule has 0 aromatic carbocycles. The third-order valence-electron chi connectivity index (χ3n) is 2.45. The van der Waals surface area contributed by atoms with Crippen LogP contribution < -0.4 is 0 Å². The predicted molar refractivity (Wildman–Crippen MR) is 41.9 cm³/mol. The second kappa shape index (κ2) is 1.66. The number of nitrogens with zero attached hydrogens (tertiary/aromatic N) is 1. The van der Waals surface area contributed by atoms with Crippen molar-refractivity contribution in [3.63, 3.8) is 0 Å². The maximum atomic E-state index is 2.32. The zero-order chi connectivity index (χ0) is 7.19. The third-order valence-corrected chi connectivity index (χ3v) is 2.45. The molecule has 1 aromatic heterocycles. The van der Waals surface area contributed by atoms with Crippen LogP contribution in [0.15, 0.2) is 24.5 Å². The molecule has 0 bridgehead atoms. The first-order chi connectivity index (χ1) is 4.70. The van der Waals surface area contributed by atoms with Gasteiger partial charge in [-0.25, -0.2) is 0 Å². The Kier molecular flexibility index (Phi) is 0.997. The van der Waals surface area contributed by atoms with Gasteiger partial charge in [0.25, 0.3) is 0 Å². The highest BCUT2D eigenvalue weighted by Gasteiger charge is 2.46. The van der Waals surface area contributed by atoms with Crippen LogP contribution in [0.25, 0.3) is 0 Å². The van der Waals surface area contributed by atoms with Crippen LogP contribution in [0, 0.1) is 5.41 Å². The van der Waals surface area contributed by atoms with Crippen molar-refractivity contribution in [3.05, 3.63) is 24.5 Å². The first kappa shape index (κ1) is 6.02. The molecule has 1 aliphatic rings. The summed E-state index contributed by atoms with van der Waals surface area (Å²) in [5.41, 5.74) is 0.555. The highest BCUT2D eigenvalue weighted by molar-refractivity contribution is 5.05. The number of rotatable bonds is 1. The molecule has 1 heteroatoms. The Labute approximate surface area is 61.7 Å². The summed E-state index contributed by atoms with van der Waals surface area (Å²) in [5, 5.41) is 0. The maximum absolute atomic E-state index is 2.32. The van der Waals surface area contributed by atoms with Gasteiger partial charge in [0, 0.05) is 18.4 Å². The van der Waals surface area contributed by atoms with Crippen molar-refractivity contribution in [2.24, 2.45) is 5.41 Å². The fourth-order valence-corrected chi connectivity index (χ4v) is 1.50. The van der Waals surface area contributed by atoms with Crippen molar-refractivity contribution >= 4 is 0 Å². The van der Waals surface area contributed by atoms with E-state index in [0.29, 0.717) is 5.41 Å². The molecule has 0 saturated heterocycles. The van der Waals surface area contributed by atoms with Crippen molar-refractivity contribution in [1.82, 2.24) is 4.57 Å². The van der Waals surface area contributed by atoms with Gasteiger partial charge in [-0.3, -0.25) is 0 Å². The van der Waals surface area contributed by atoms with Gasteiger partial charge < -0.3 is 4.57 Å². The summed E-state index contributed by atoms with van der Waals surface area (Å²) >= 11 is 0.